The summed E-state index contributed by atoms with van der Waals surface area (Å²) in [4.78, 5) is 3.85. The van der Waals surface area contributed by atoms with E-state index in [4.69, 9.17) is 16.6 Å². The second kappa shape index (κ2) is 5.93. The largest absolute Gasteiger partial charge is 0.375 e. The van der Waals surface area contributed by atoms with Crippen molar-refractivity contribution in [2.45, 2.75) is 19.1 Å². The molecule has 0 fully saturated rings. The number of nitrogens with one attached hydrogen (secondary N) is 1. The fourth-order valence-electron chi connectivity index (χ4n) is 0.467. The van der Waals surface area contributed by atoms with Gasteiger partial charge >= 0.3 is 0 Å². The number of aliphatic imine (C=N–C) groups is 1. The normalized spacial score (nSPS) is 19.0. The molecule has 0 aromatic rings. The maximum Gasteiger partial charge on any atom is 0.125 e. The lowest BCUT2D eigenvalue weighted by Gasteiger charge is -2.17. The van der Waals surface area contributed by atoms with Crippen molar-refractivity contribution in [2.24, 2.45) is 16.5 Å². The van der Waals surface area contributed by atoms with Crippen molar-refractivity contribution in [1.29, 1.82) is 0 Å². The van der Waals surface area contributed by atoms with E-state index in [9.17, 15) is 0 Å². The Morgan fingerprint density at radius 1 is 1.75 bits per heavy atom. The average molecular weight is 174 g/mol. The van der Waals surface area contributed by atoms with E-state index in [1.807, 2.05) is 0 Å². The summed E-state index contributed by atoms with van der Waals surface area (Å²) in [7, 11) is 0. The summed E-state index contributed by atoms with van der Waals surface area (Å²) in [6.07, 6.45) is 2.24. The first-order valence-corrected chi connectivity index (χ1v) is 4.05. The highest BCUT2D eigenvalue weighted by Crippen LogP contribution is 1.94. The Bertz CT molecular complexity index is 123. The van der Waals surface area contributed by atoms with E-state index in [0.29, 0.717) is 6.42 Å². The lowest BCUT2D eigenvalue weighted by Crippen LogP contribution is -2.45. The molecule has 5 heteroatoms. The highest BCUT2D eigenvalue weighted by Gasteiger charge is 2.13. The number of aliphatic hydroxyl groups is 1. The molecule has 72 valence electrons. The second-order valence-corrected chi connectivity index (χ2v) is 2.65. The molecule has 0 spiro atoms. The molecule has 1 heterocycles. The molecule has 0 radical (unpaired) electrons. The molecule has 0 bridgehead atoms. The standard InChI is InChI=1S/C4H12N2O.C3H6N2/c1-2-4(6,7)3-5;1-2-5-3-4-1/h7H,2-3,5-6H2,1H3;3H,1-2H2,(H,4,5). The summed E-state index contributed by atoms with van der Waals surface area (Å²) in [5.41, 5.74) is 9.05. The van der Waals surface area contributed by atoms with Crippen LogP contribution in [0.15, 0.2) is 4.99 Å². The summed E-state index contributed by atoms with van der Waals surface area (Å²) >= 11 is 0. The van der Waals surface area contributed by atoms with Crippen molar-refractivity contribution in [1.82, 2.24) is 5.32 Å². The first-order valence-electron chi connectivity index (χ1n) is 4.05. The zero-order valence-corrected chi connectivity index (χ0v) is 7.45. The van der Waals surface area contributed by atoms with Crippen LogP contribution in [0.5, 0.6) is 0 Å². The highest BCUT2D eigenvalue weighted by atomic mass is 16.3. The van der Waals surface area contributed by atoms with Gasteiger partial charge in [0.15, 0.2) is 0 Å². The van der Waals surface area contributed by atoms with Crippen LogP contribution in [-0.2, 0) is 0 Å². The van der Waals surface area contributed by atoms with Crippen LogP contribution in [0, 0.1) is 0 Å². The van der Waals surface area contributed by atoms with E-state index in [0.717, 1.165) is 13.1 Å². The van der Waals surface area contributed by atoms with E-state index in [1.54, 1.807) is 13.3 Å². The lowest BCUT2D eigenvalue weighted by molar-refractivity contribution is 0.0522. The van der Waals surface area contributed by atoms with E-state index >= 15 is 0 Å². The first kappa shape index (κ1) is 11.4. The zero-order valence-electron chi connectivity index (χ0n) is 7.45. The topological polar surface area (TPSA) is 96.7 Å². The molecule has 0 aromatic carbocycles. The third kappa shape index (κ3) is 6.09. The molecule has 12 heavy (non-hydrogen) atoms. The van der Waals surface area contributed by atoms with Gasteiger partial charge in [0.25, 0.3) is 0 Å². The number of hydrogen-bond donors (Lipinski definition) is 4. The minimum absolute atomic E-state index is 0.128. The Morgan fingerprint density at radius 3 is 2.50 bits per heavy atom. The van der Waals surface area contributed by atoms with Crippen LogP contribution in [0.2, 0.25) is 0 Å². The van der Waals surface area contributed by atoms with Crippen LogP contribution in [0.25, 0.3) is 0 Å². The fraction of sp³-hybridized carbons (Fsp3) is 0.857. The van der Waals surface area contributed by atoms with Gasteiger partial charge in [0, 0.05) is 13.1 Å². The number of rotatable bonds is 2. The Kier molecular flexibility index (Phi) is 5.61. The quantitative estimate of drug-likeness (QED) is 0.388. The minimum Gasteiger partial charge on any atom is -0.375 e. The van der Waals surface area contributed by atoms with Crippen molar-refractivity contribution >= 4 is 6.34 Å². The van der Waals surface area contributed by atoms with Gasteiger partial charge in [-0.05, 0) is 6.42 Å². The van der Waals surface area contributed by atoms with Gasteiger partial charge < -0.3 is 21.9 Å². The van der Waals surface area contributed by atoms with Crippen molar-refractivity contribution in [2.75, 3.05) is 19.6 Å². The first-order chi connectivity index (χ1) is 5.62. The molecular formula is C7H18N4O. The van der Waals surface area contributed by atoms with Crippen LogP contribution >= 0.6 is 0 Å². The monoisotopic (exact) mass is 174 g/mol. The van der Waals surface area contributed by atoms with Crippen LogP contribution in [0.4, 0.5) is 0 Å². The molecule has 1 aliphatic heterocycles. The molecule has 0 amide bonds. The van der Waals surface area contributed by atoms with Crippen molar-refractivity contribution in [3.8, 4) is 0 Å². The Balaban J connectivity index is 0.000000211. The summed E-state index contributed by atoms with van der Waals surface area (Å²) in [5, 5.41) is 11.7. The van der Waals surface area contributed by atoms with Crippen molar-refractivity contribution in [3.05, 3.63) is 0 Å². The van der Waals surface area contributed by atoms with Crippen molar-refractivity contribution in [3.63, 3.8) is 0 Å². The van der Waals surface area contributed by atoms with E-state index in [-0.39, 0.29) is 6.54 Å². The molecule has 1 rings (SSSR count). The molecule has 1 atom stereocenters. The molecule has 1 aliphatic rings. The van der Waals surface area contributed by atoms with E-state index in [2.05, 4.69) is 10.3 Å². The predicted molar refractivity (Wildman–Crippen MR) is 49.8 cm³/mol. The van der Waals surface area contributed by atoms with Gasteiger partial charge in [-0.1, -0.05) is 6.92 Å². The molecule has 0 aliphatic carbocycles. The zero-order chi connectivity index (χ0) is 9.45. The van der Waals surface area contributed by atoms with Gasteiger partial charge in [-0.3, -0.25) is 4.99 Å². The third-order valence-electron chi connectivity index (χ3n) is 1.53. The van der Waals surface area contributed by atoms with Crippen LogP contribution in [-0.4, -0.2) is 36.8 Å². The molecule has 1 unspecified atom stereocenters. The van der Waals surface area contributed by atoms with Crippen LogP contribution < -0.4 is 16.8 Å². The summed E-state index contributed by atoms with van der Waals surface area (Å²) in [6, 6.07) is 0. The molecule has 0 saturated carbocycles. The lowest BCUT2D eigenvalue weighted by atomic mass is 10.2. The Morgan fingerprint density at radius 2 is 2.42 bits per heavy atom. The summed E-state index contributed by atoms with van der Waals surface area (Å²) in [6.45, 7) is 3.90. The molecular weight excluding hydrogens is 156 g/mol. The number of hydrogen-bond acceptors (Lipinski definition) is 5. The predicted octanol–water partition coefficient (Wildman–Crippen LogP) is -1.38. The smallest absolute Gasteiger partial charge is 0.125 e. The second-order valence-electron chi connectivity index (χ2n) is 2.65. The van der Waals surface area contributed by atoms with Gasteiger partial charge in [0.2, 0.25) is 0 Å². The SMILES string of the molecule is C1=NCCN1.CCC(N)(O)CN. The molecule has 0 aromatic heterocycles. The average Bonchev–Trinajstić information content (AvgIpc) is 2.62. The van der Waals surface area contributed by atoms with Crippen molar-refractivity contribution < 1.29 is 5.11 Å². The minimum atomic E-state index is -1.14. The van der Waals surface area contributed by atoms with Crippen LogP contribution in [0.1, 0.15) is 13.3 Å². The summed E-state index contributed by atoms with van der Waals surface area (Å²) in [5.74, 6) is 0. The van der Waals surface area contributed by atoms with Gasteiger partial charge in [-0.15, -0.1) is 0 Å². The van der Waals surface area contributed by atoms with Gasteiger partial charge in [-0.25, -0.2) is 0 Å². The molecule has 5 nitrogen and oxygen atoms in total. The Hall–Kier alpha value is -0.650. The van der Waals surface area contributed by atoms with Crippen LogP contribution in [0.3, 0.4) is 0 Å². The highest BCUT2D eigenvalue weighted by molar-refractivity contribution is 5.56. The van der Waals surface area contributed by atoms with E-state index in [1.165, 1.54) is 0 Å². The third-order valence-corrected chi connectivity index (χ3v) is 1.53. The van der Waals surface area contributed by atoms with E-state index < -0.39 is 5.72 Å². The molecule has 0 saturated heterocycles. The maximum atomic E-state index is 8.78. The number of nitrogens with two attached hydrogens (primary N) is 2. The van der Waals surface area contributed by atoms with Gasteiger partial charge in [0.1, 0.15) is 5.72 Å². The molecule has 6 N–H and O–H groups in total. The van der Waals surface area contributed by atoms with Gasteiger partial charge in [0.05, 0.1) is 12.9 Å². The fourth-order valence-corrected chi connectivity index (χ4v) is 0.467. The Labute approximate surface area is 72.8 Å². The van der Waals surface area contributed by atoms with Gasteiger partial charge in [-0.2, -0.15) is 0 Å². The number of nitrogens with zero attached hydrogens (tertiary/aromatic N) is 1. The maximum absolute atomic E-state index is 8.78. The summed E-state index contributed by atoms with van der Waals surface area (Å²) < 4.78 is 0.